The van der Waals surface area contributed by atoms with Crippen molar-refractivity contribution in [2.24, 2.45) is 5.10 Å². The summed E-state index contributed by atoms with van der Waals surface area (Å²) in [5.74, 6) is 1.33. The van der Waals surface area contributed by atoms with Crippen molar-refractivity contribution in [3.8, 4) is 5.75 Å². The van der Waals surface area contributed by atoms with Crippen LogP contribution in [0.2, 0.25) is 0 Å². The lowest BCUT2D eigenvalue weighted by molar-refractivity contribution is -0.142. The number of nitrogens with zero attached hydrogens (tertiary/aromatic N) is 2. The molecule has 0 aromatic heterocycles. The van der Waals surface area contributed by atoms with Crippen molar-refractivity contribution >= 4 is 5.71 Å². The van der Waals surface area contributed by atoms with Crippen molar-refractivity contribution in [3.63, 3.8) is 0 Å². The van der Waals surface area contributed by atoms with Crippen molar-refractivity contribution < 1.29 is 9.13 Å². The van der Waals surface area contributed by atoms with Gasteiger partial charge < -0.3 is 4.74 Å². The summed E-state index contributed by atoms with van der Waals surface area (Å²) in [6.45, 7) is 0. The first-order chi connectivity index (χ1) is 15.2. The first-order valence-electron chi connectivity index (χ1n) is 11.2. The zero-order valence-electron chi connectivity index (χ0n) is 17.4. The first-order valence-corrected chi connectivity index (χ1v) is 11.2. The van der Waals surface area contributed by atoms with Gasteiger partial charge in [-0.2, -0.15) is 5.10 Å². The van der Waals surface area contributed by atoms with Crippen molar-refractivity contribution in [1.29, 1.82) is 0 Å². The zero-order valence-corrected chi connectivity index (χ0v) is 17.4. The van der Waals surface area contributed by atoms with Crippen molar-refractivity contribution in [3.05, 3.63) is 101 Å². The summed E-state index contributed by atoms with van der Waals surface area (Å²) in [5.41, 5.74) is 4.20. The fourth-order valence-corrected chi connectivity index (χ4v) is 5.50. The summed E-state index contributed by atoms with van der Waals surface area (Å²) < 4.78 is 20.2. The van der Waals surface area contributed by atoms with Crippen LogP contribution in [-0.2, 0) is 0 Å². The van der Waals surface area contributed by atoms with E-state index in [-0.39, 0.29) is 11.9 Å². The fraction of sp³-hybridized carbons (Fsp3) is 0.296. The Hall–Kier alpha value is -3.14. The van der Waals surface area contributed by atoms with Gasteiger partial charge in [-0.25, -0.2) is 9.40 Å². The molecule has 3 aliphatic rings. The van der Waals surface area contributed by atoms with Gasteiger partial charge in [0.05, 0.1) is 11.8 Å². The van der Waals surface area contributed by atoms with E-state index in [2.05, 4.69) is 59.6 Å². The highest BCUT2D eigenvalue weighted by Gasteiger charge is 2.51. The summed E-state index contributed by atoms with van der Waals surface area (Å²) >= 11 is 0. The van der Waals surface area contributed by atoms with Gasteiger partial charge in [-0.15, -0.1) is 0 Å². The molecule has 3 aromatic rings. The third-order valence-electron chi connectivity index (χ3n) is 7.12. The standard InChI is InChI=1S/C27H25FN2O/c28-22-12-10-21(11-13-22)24-18-25-23-8-4-5-9-26(23)31-27(30(25)29-24)16-14-20(15-17-27)19-6-2-1-3-7-19/h1-13,20,25H,14-18H2/t20?,25-,27?/m0/s1. The second kappa shape index (κ2) is 7.23. The normalized spacial score (nSPS) is 26.7. The molecule has 1 spiro atoms. The highest BCUT2D eigenvalue weighted by Crippen LogP contribution is 2.52. The van der Waals surface area contributed by atoms with Crippen LogP contribution in [0.25, 0.3) is 0 Å². The maximum atomic E-state index is 13.5. The summed E-state index contributed by atoms with van der Waals surface area (Å²) in [6.07, 6.45) is 4.86. The van der Waals surface area contributed by atoms with E-state index in [4.69, 9.17) is 9.84 Å². The van der Waals surface area contributed by atoms with Gasteiger partial charge in [0, 0.05) is 24.8 Å². The molecule has 1 atom stereocenters. The molecular weight excluding hydrogens is 387 g/mol. The topological polar surface area (TPSA) is 24.8 Å². The zero-order chi connectivity index (χ0) is 20.8. The number of para-hydroxylation sites is 1. The molecule has 0 radical (unpaired) electrons. The third kappa shape index (κ3) is 3.13. The van der Waals surface area contributed by atoms with E-state index in [0.717, 1.165) is 49.1 Å². The van der Waals surface area contributed by atoms with Crippen LogP contribution < -0.4 is 4.74 Å². The molecule has 3 nitrogen and oxygen atoms in total. The molecule has 0 bridgehead atoms. The molecule has 3 aromatic carbocycles. The quantitative estimate of drug-likeness (QED) is 0.485. The van der Waals surface area contributed by atoms with Gasteiger partial charge in [0.25, 0.3) is 0 Å². The fourth-order valence-electron chi connectivity index (χ4n) is 5.50. The molecular formula is C27H25FN2O. The number of fused-ring (bicyclic) bond motifs is 4. The first kappa shape index (κ1) is 18.6. The van der Waals surface area contributed by atoms with E-state index in [1.807, 2.05) is 12.1 Å². The molecule has 1 aliphatic carbocycles. The lowest BCUT2D eigenvalue weighted by Gasteiger charge is -2.50. The SMILES string of the molecule is Fc1ccc(C2=NN3[C@@H](C2)c2ccccc2OC32CCC(c3ccccc3)CC2)cc1. The Kier molecular flexibility index (Phi) is 4.34. The van der Waals surface area contributed by atoms with Gasteiger partial charge in [-0.1, -0.05) is 60.7 Å². The third-order valence-corrected chi connectivity index (χ3v) is 7.12. The van der Waals surface area contributed by atoms with Crippen molar-refractivity contribution in [2.45, 2.75) is 49.8 Å². The highest BCUT2D eigenvalue weighted by atomic mass is 19.1. The van der Waals surface area contributed by atoms with Crippen LogP contribution in [0.3, 0.4) is 0 Å². The predicted molar refractivity (Wildman–Crippen MR) is 120 cm³/mol. The molecule has 6 rings (SSSR count). The number of hydrogen-bond donors (Lipinski definition) is 0. The average molecular weight is 413 g/mol. The van der Waals surface area contributed by atoms with Crippen LogP contribution in [0.5, 0.6) is 5.75 Å². The lowest BCUT2D eigenvalue weighted by Crippen LogP contribution is -2.55. The molecule has 1 fully saturated rings. The maximum absolute atomic E-state index is 13.5. The van der Waals surface area contributed by atoms with Crippen LogP contribution in [0, 0.1) is 5.82 Å². The van der Waals surface area contributed by atoms with E-state index < -0.39 is 5.72 Å². The monoisotopic (exact) mass is 412 g/mol. The van der Waals surface area contributed by atoms with E-state index in [1.165, 1.54) is 23.3 Å². The van der Waals surface area contributed by atoms with Crippen molar-refractivity contribution in [2.75, 3.05) is 0 Å². The molecule has 2 aliphatic heterocycles. The smallest absolute Gasteiger partial charge is 0.198 e. The average Bonchev–Trinajstić information content (AvgIpc) is 3.28. The minimum absolute atomic E-state index is 0.165. The Balaban J connectivity index is 1.35. The van der Waals surface area contributed by atoms with Gasteiger partial charge >= 0.3 is 0 Å². The molecule has 0 N–H and O–H groups in total. The van der Waals surface area contributed by atoms with E-state index in [9.17, 15) is 4.39 Å². The van der Waals surface area contributed by atoms with Crippen LogP contribution in [0.1, 0.15) is 60.8 Å². The summed E-state index contributed by atoms with van der Waals surface area (Å²) in [5, 5.41) is 7.32. The second-order valence-corrected chi connectivity index (χ2v) is 8.89. The van der Waals surface area contributed by atoms with E-state index >= 15 is 0 Å². The Morgan fingerprint density at radius 3 is 2.35 bits per heavy atom. The summed E-state index contributed by atoms with van der Waals surface area (Å²) in [6, 6.07) is 26.0. The lowest BCUT2D eigenvalue weighted by atomic mass is 9.78. The molecule has 0 saturated heterocycles. The highest BCUT2D eigenvalue weighted by molar-refractivity contribution is 6.02. The molecule has 156 valence electrons. The number of rotatable bonds is 2. The molecule has 4 heteroatoms. The second-order valence-electron chi connectivity index (χ2n) is 8.89. The van der Waals surface area contributed by atoms with Gasteiger partial charge in [0.2, 0.25) is 0 Å². The van der Waals surface area contributed by atoms with E-state index in [0.29, 0.717) is 5.92 Å². The van der Waals surface area contributed by atoms with Gasteiger partial charge in [0.1, 0.15) is 11.6 Å². The summed E-state index contributed by atoms with van der Waals surface area (Å²) in [4.78, 5) is 0. The molecule has 0 amide bonds. The number of hydrogen-bond acceptors (Lipinski definition) is 3. The molecule has 31 heavy (non-hydrogen) atoms. The Morgan fingerprint density at radius 2 is 1.58 bits per heavy atom. The summed E-state index contributed by atoms with van der Waals surface area (Å²) in [7, 11) is 0. The predicted octanol–water partition coefficient (Wildman–Crippen LogP) is 6.42. The van der Waals surface area contributed by atoms with Crippen LogP contribution in [0.15, 0.2) is 84.0 Å². The van der Waals surface area contributed by atoms with Crippen LogP contribution in [-0.4, -0.2) is 16.4 Å². The van der Waals surface area contributed by atoms with E-state index in [1.54, 1.807) is 0 Å². The Morgan fingerprint density at radius 1 is 0.871 bits per heavy atom. The Labute approximate surface area is 182 Å². The van der Waals surface area contributed by atoms with Crippen LogP contribution >= 0.6 is 0 Å². The van der Waals surface area contributed by atoms with Crippen molar-refractivity contribution in [1.82, 2.24) is 5.01 Å². The number of benzene rings is 3. The minimum Gasteiger partial charge on any atom is -0.466 e. The largest absolute Gasteiger partial charge is 0.466 e. The molecule has 2 heterocycles. The number of hydrazone groups is 1. The van der Waals surface area contributed by atoms with Gasteiger partial charge in [-0.3, -0.25) is 0 Å². The van der Waals surface area contributed by atoms with Crippen LogP contribution in [0.4, 0.5) is 4.39 Å². The van der Waals surface area contributed by atoms with Gasteiger partial charge in [0.15, 0.2) is 5.72 Å². The Bertz CT molecular complexity index is 1120. The molecule has 1 saturated carbocycles. The molecule has 0 unspecified atom stereocenters. The van der Waals surface area contributed by atoms with Gasteiger partial charge in [-0.05, 0) is 48.1 Å². The minimum atomic E-state index is -0.411. The maximum Gasteiger partial charge on any atom is 0.198 e. The number of ether oxygens (including phenoxy) is 1. The number of halogens is 1.